The Hall–Kier alpha value is -1.84. The van der Waals surface area contributed by atoms with E-state index in [0.29, 0.717) is 17.7 Å². The van der Waals surface area contributed by atoms with Gasteiger partial charge in [-0.1, -0.05) is 13.0 Å². The lowest BCUT2D eigenvalue weighted by molar-refractivity contribution is -0.120. The number of carbonyl (C=O) groups excluding carboxylic acids is 2. The lowest BCUT2D eigenvalue weighted by Crippen LogP contribution is -2.38. The van der Waals surface area contributed by atoms with Crippen LogP contribution in [0.2, 0.25) is 0 Å². The predicted molar refractivity (Wildman–Crippen MR) is 74.4 cm³/mol. The molecule has 104 valence electrons. The zero-order valence-corrected chi connectivity index (χ0v) is 11.9. The summed E-state index contributed by atoms with van der Waals surface area (Å²) >= 11 is 0. The molecule has 0 aliphatic heterocycles. The van der Waals surface area contributed by atoms with Crippen molar-refractivity contribution in [3.8, 4) is 5.75 Å². The molecular weight excluding hydrogens is 242 g/mol. The molecule has 0 heterocycles. The van der Waals surface area contributed by atoms with Crippen molar-refractivity contribution < 1.29 is 14.3 Å². The molecule has 1 atom stereocenters. The topological polar surface area (TPSA) is 55.4 Å². The molecule has 0 radical (unpaired) electrons. The molecule has 0 fully saturated rings. The number of rotatable bonds is 6. The zero-order valence-electron chi connectivity index (χ0n) is 11.9. The van der Waals surface area contributed by atoms with E-state index in [2.05, 4.69) is 5.32 Å². The van der Waals surface area contributed by atoms with E-state index < -0.39 is 6.04 Å². The number of ketones is 1. The van der Waals surface area contributed by atoms with Crippen molar-refractivity contribution in [1.29, 1.82) is 0 Å². The van der Waals surface area contributed by atoms with Gasteiger partial charge in [-0.25, -0.2) is 0 Å². The minimum Gasteiger partial charge on any atom is -0.491 e. The third kappa shape index (κ3) is 4.73. The average molecular weight is 263 g/mol. The van der Waals surface area contributed by atoms with Crippen LogP contribution in [0.25, 0.3) is 0 Å². The van der Waals surface area contributed by atoms with Crippen molar-refractivity contribution in [2.24, 2.45) is 0 Å². The summed E-state index contributed by atoms with van der Waals surface area (Å²) < 4.78 is 5.53. The van der Waals surface area contributed by atoms with Gasteiger partial charge < -0.3 is 10.1 Å². The largest absolute Gasteiger partial charge is 0.491 e. The molecule has 0 spiro atoms. The summed E-state index contributed by atoms with van der Waals surface area (Å²) in [6, 6.07) is 6.48. The highest BCUT2D eigenvalue weighted by atomic mass is 16.5. The van der Waals surface area contributed by atoms with Crippen molar-refractivity contribution in [2.45, 2.75) is 46.3 Å². The Morgan fingerprint density at radius 3 is 2.53 bits per heavy atom. The van der Waals surface area contributed by atoms with Gasteiger partial charge in [-0.2, -0.15) is 0 Å². The monoisotopic (exact) mass is 263 g/mol. The van der Waals surface area contributed by atoms with Crippen LogP contribution < -0.4 is 10.1 Å². The molecule has 1 N–H and O–H groups in total. The van der Waals surface area contributed by atoms with Crippen LogP contribution in [-0.2, 0) is 4.79 Å². The van der Waals surface area contributed by atoms with Gasteiger partial charge in [-0.3, -0.25) is 9.59 Å². The Balaban J connectivity index is 2.74. The molecular formula is C15H21NO3. The molecule has 0 aliphatic carbocycles. The van der Waals surface area contributed by atoms with Crippen LogP contribution in [0, 0.1) is 0 Å². The Kier molecular flexibility index (Phi) is 5.55. The van der Waals surface area contributed by atoms with Crippen LogP contribution in [-0.4, -0.2) is 23.8 Å². The minimum atomic E-state index is -0.466. The van der Waals surface area contributed by atoms with Crippen molar-refractivity contribution in [3.05, 3.63) is 29.8 Å². The smallest absolute Gasteiger partial charge is 0.251 e. The maximum atomic E-state index is 12.0. The van der Waals surface area contributed by atoms with Crippen molar-refractivity contribution in [1.82, 2.24) is 5.32 Å². The third-order valence-electron chi connectivity index (χ3n) is 2.65. The number of hydrogen-bond donors (Lipinski definition) is 1. The van der Waals surface area contributed by atoms with E-state index in [1.807, 2.05) is 13.8 Å². The normalized spacial score (nSPS) is 12.1. The van der Waals surface area contributed by atoms with E-state index in [0.717, 1.165) is 0 Å². The summed E-state index contributed by atoms with van der Waals surface area (Å²) in [6.07, 6.45) is 0.469. The summed E-state index contributed by atoms with van der Waals surface area (Å²) in [4.78, 5) is 23.4. The van der Waals surface area contributed by atoms with E-state index in [1.54, 1.807) is 38.1 Å². The molecule has 0 aliphatic rings. The van der Waals surface area contributed by atoms with Gasteiger partial charge in [0.1, 0.15) is 5.75 Å². The fourth-order valence-electron chi connectivity index (χ4n) is 1.65. The van der Waals surface area contributed by atoms with Gasteiger partial charge in [-0.15, -0.1) is 0 Å². The Labute approximate surface area is 114 Å². The van der Waals surface area contributed by atoms with Gasteiger partial charge in [0.15, 0.2) is 5.78 Å². The van der Waals surface area contributed by atoms with Gasteiger partial charge in [-0.05, 0) is 39.0 Å². The second-order valence-electron chi connectivity index (χ2n) is 4.71. The number of amides is 1. The Morgan fingerprint density at radius 2 is 1.95 bits per heavy atom. The van der Waals surface area contributed by atoms with Crippen molar-refractivity contribution in [2.75, 3.05) is 0 Å². The number of ether oxygens (including phenoxy) is 1. The summed E-state index contributed by atoms with van der Waals surface area (Å²) in [5.41, 5.74) is 0.494. The maximum Gasteiger partial charge on any atom is 0.251 e. The molecule has 0 aromatic heterocycles. The number of Topliss-reactive ketones (excluding diaryl/α,β-unsaturated/α-hetero) is 1. The van der Waals surface area contributed by atoms with Crippen LogP contribution >= 0.6 is 0 Å². The molecule has 1 rings (SSSR count). The molecule has 0 saturated carbocycles. The molecule has 1 unspecified atom stereocenters. The lowest BCUT2D eigenvalue weighted by Gasteiger charge is -2.13. The second kappa shape index (κ2) is 6.92. The molecule has 1 aromatic rings. The van der Waals surface area contributed by atoms with E-state index in [-0.39, 0.29) is 17.8 Å². The molecule has 0 saturated heterocycles. The predicted octanol–water partition coefficient (Wildman–Crippen LogP) is 2.57. The molecule has 4 nitrogen and oxygen atoms in total. The summed E-state index contributed by atoms with van der Waals surface area (Å²) in [5.74, 6) is 0.406. The maximum absolute atomic E-state index is 12.0. The van der Waals surface area contributed by atoms with Gasteiger partial charge in [0, 0.05) is 12.0 Å². The minimum absolute atomic E-state index is 0.0166. The number of hydrogen-bond acceptors (Lipinski definition) is 3. The van der Waals surface area contributed by atoms with Crippen LogP contribution in [0.1, 0.15) is 44.5 Å². The van der Waals surface area contributed by atoms with Gasteiger partial charge in [0.25, 0.3) is 5.91 Å². The molecule has 0 bridgehead atoms. The highest BCUT2D eigenvalue weighted by Crippen LogP contribution is 2.15. The van der Waals surface area contributed by atoms with Crippen LogP contribution in [0.4, 0.5) is 0 Å². The van der Waals surface area contributed by atoms with E-state index >= 15 is 0 Å². The van der Waals surface area contributed by atoms with Gasteiger partial charge in [0.05, 0.1) is 12.1 Å². The SMILES string of the molecule is CCC(=O)C(C)NC(=O)c1cccc(OC(C)C)c1. The van der Waals surface area contributed by atoms with Crippen LogP contribution in [0.5, 0.6) is 5.75 Å². The van der Waals surface area contributed by atoms with E-state index in [9.17, 15) is 9.59 Å². The van der Waals surface area contributed by atoms with Crippen LogP contribution in [0.3, 0.4) is 0 Å². The first kappa shape index (κ1) is 15.2. The Bertz CT molecular complexity index is 454. The highest BCUT2D eigenvalue weighted by Gasteiger charge is 2.15. The van der Waals surface area contributed by atoms with Gasteiger partial charge in [0.2, 0.25) is 0 Å². The number of carbonyl (C=O) groups is 2. The second-order valence-corrected chi connectivity index (χ2v) is 4.71. The Morgan fingerprint density at radius 1 is 1.26 bits per heavy atom. The first-order chi connectivity index (χ1) is 8.93. The van der Waals surface area contributed by atoms with E-state index in [4.69, 9.17) is 4.74 Å². The number of benzene rings is 1. The highest BCUT2D eigenvalue weighted by molar-refractivity contribution is 5.98. The summed E-state index contributed by atoms with van der Waals surface area (Å²) in [7, 11) is 0. The van der Waals surface area contributed by atoms with E-state index in [1.165, 1.54) is 0 Å². The van der Waals surface area contributed by atoms with Gasteiger partial charge >= 0.3 is 0 Å². The first-order valence-corrected chi connectivity index (χ1v) is 6.54. The van der Waals surface area contributed by atoms with Crippen molar-refractivity contribution in [3.63, 3.8) is 0 Å². The first-order valence-electron chi connectivity index (χ1n) is 6.54. The van der Waals surface area contributed by atoms with Crippen LogP contribution in [0.15, 0.2) is 24.3 Å². The third-order valence-corrected chi connectivity index (χ3v) is 2.65. The quantitative estimate of drug-likeness (QED) is 0.858. The molecule has 1 aromatic carbocycles. The molecule has 1 amide bonds. The fraction of sp³-hybridized carbons (Fsp3) is 0.467. The van der Waals surface area contributed by atoms with Crippen molar-refractivity contribution >= 4 is 11.7 Å². The molecule has 4 heteroatoms. The summed E-state index contributed by atoms with van der Waals surface area (Å²) in [5, 5.41) is 2.68. The molecule has 19 heavy (non-hydrogen) atoms. The average Bonchev–Trinajstić information content (AvgIpc) is 2.37. The zero-order chi connectivity index (χ0) is 14.4. The standard InChI is InChI=1S/C15H21NO3/c1-5-14(17)11(4)16-15(18)12-7-6-8-13(9-12)19-10(2)3/h6-11H,5H2,1-4H3,(H,16,18). The summed E-state index contributed by atoms with van der Waals surface area (Å²) in [6.45, 7) is 7.32. The number of nitrogens with one attached hydrogen (secondary N) is 1. The fourth-order valence-corrected chi connectivity index (χ4v) is 1.65. The lowest BCUT2D eigenvalue weighted by atomic mass is 10.1.